The number of aryl methyl sites for hydroxylation is 1. The molecule has 0 unspecified atom stereocenters. The Hall–Kier alpha value is -2.08. The molecule has 0 aliphatic carbocycles. The van der Waals surface area contributed by atoms with Crippen molar-refractivity contribution in [1.29, 1.82) is 0 Å². The molecule has 2 rings (SSSR count). The molecule has 6 heteroatoms. The first-order valence-corrected chi connectivity index (χ1v) is 7.39. The molecule has 0 fully saturated rings. The first-order chi connectivity index (χ1) is 8.96. The van der Waals surface area contributed by atoms with Gasteiger partial charge in [-0.2, -0.15) is 0 Å². The molecule has 0 amide bonds. The number of hydrogen-bond acceptors (Lipinski definition) is 4. The predicted molar refractivity (Wildman–Crippen MR) is 76.1 cm³/mol. The Bertz CT molecular complexity index is 684. The van der Waals surface area contributed by atoms with E-state index in [1.165, 1.54) is 0 Å². The summed E-state index contributed by atoms with van der Waals surface area (Å²) in [7, 11) is -3.52. The van der Waals surface area contributed by atoms with E-state index >= 15 is 0 Å². The lowest BCUT2D eigenvalue weighted by Gasteiger charge is -2.09. The molecule has 0 aliphatic rings. The van der Waals surface area contributed by atoms with Crippen molar-refractivity contribution < 1.29 is 8.42 Å². The molecule has 5 nitrogen and oxygen atoms in total. The normalized spacial score (nSPS) is 11.2. The Morgan fingerprint density at radius 3 is 2.58 bits per heavy atom. The van der Waals surface area contributed by atoms with Gasteiger partial charge in [-0.3, -0.25) is 4.72 Å². The van der Waals surface area contributed by atoms with Crippen LogP contribution >= 0.6 is 0 Å². The monoisotopic (exact) mass is 277 g/mol. The summed E-state index contributed by atoms with van der Waals surface area (Å²) < 4.78 is 26.5. The summed E-state index contributed by atoms with van der Waals surface area (Å²) >= 11 is 0. The van der Waals surface area contributed by atoms with E-state index in [4.69, 9.17) is 5.73 Å². The van der Waals surface area contributed by atoms with Gasteiger partial charge in [0.2, 0.25) is 10.0 Å². The van der Waals surface area contributed by atoms with E-state index < -0.39 is 10.0 Å². The number of pyridine rings is 1. The van der Waals surface area contributed by atoms with Crippen molar-refractivity contribution in [2.45, 2.75) is 12.7 Å². The Morgan fingerprint density at radius 1 is 1.16 bits per heavy atom. The molecule has 0 bridgehead atoms. The highest BCUT2D eigenvalue weighted by Gasteiger charge is 2.14. The van der Waals surface area contributed by atoms with Crippen LogP contribution in [0.1, 0.15) is 11.3 Å². The van der Waals surface area contributed by atoms with Crippen LogP contribution in [0.4, 0.5) is 11.5 Å². The number of anilines is 2. The van der Waals surface area contributed by atoms with E-state index in [1.807, 2.05) is 0 Å². The van der Waals surface area contributed by atoms with E-state index in [2.05, 4.69) is 9.71 Å². The Morgan fingerprint density at radius 2 is 1.89 bits per heavy atom. The fraction of sp³-hybridized carbons (Fsp3) is 0.154. The first-order valence-electron chi connectivity index (χ1n) is 5.74. The fourth-order valence-electron chi connectivity index (χ4n) is 1.67. The number of rotatable bonds is 4. The van der Waals surface area contributed by atoms with Crippen LogP contribution in [0, 0.1) is 6.92 Å². The smallest absolute Gasteiger partial charge is 0.238 e. The quantitative estimate of drug-likeness (QED) is 0.836. The topological polar surface area (TPSA) is 85.1 Å². The van der Waals surface area contributed by atoms with Crippen LogP contribution in [0.3, 0.4) is 0 Å². The zero-order valence-electron chi connectivity index (χ0n) is 10.5. The van der Waals surface area contributed by atoms with Crippen molar-refractivity contribution in [1.82, 2.24) is 4.98 Å². The maximum absolute atomic E-state index is 12.0. The number of sulfonamides is 1. The van der Waals surface area contributed by atoms with Gasteiger partial charge in [-0.25, -0.2) is 13.4 Å². The molecule has 0 saturated carbocycles. The molecular weight excluding hydrogens is 262 g/mol. The zero-order chi connectivity index (χ0) is 13.9. The minimum atomic E-state index is -3.52. The van der Waals surface area contributed by atoms with Crippen molar-refractivity contribution in [3.63, 3.8) is 0 Å². The molecule has 0 aliphatic heterocycles. The third-order valence-corrected chi connectivity index (χ3v) is 3.76. The molecule has 1 aromatic heterocycles. The molecule has 0 spiro atoms. The van der Waals surface area contributed by atoms with Gasteiger partial charge in [0, 0.05) is 11.4 Å². The van der Waals surface area contributed by atoms with Gasteiger partial charge in [-0.15, -0.1) is 0 Å². The highest BCUT2D eigenvalue weighted by atomic mass is 32.2. The average molecular weight is 277 g/mol. The lowest BCUT2D eigenvalue weighted by atomic mass is 10.2. The second kappa shape index (κ2) is 5.27. The Kier molecular flexibility index (Phi) is 3.71. The minimum Gasteiger partial charge on any atom is -0.398 e. The summed E-state index contributed by atoms with van der Waals surface area (Å²) in [5.41, 5.74) is 7.52. The SMILES string of the molecule is Cc1cccc(NS(=O)(=O)Cc2ccccc2N)n1. The number of hydrogen-bond donors (Lipinski definition) is 2. The van der Waals surface area contributed by atoms with Gasteiger partial charge in [-0.05, 0) is 30.7 Å². The number of nitrogens with two attached hydrogens (primary N) is 1. The van der Waals surface area contributed by atoms with Gasteiger partial charge in [0.15, 0.2) is 0 Å². The van der Waals surface area contributed by atoms with Crippen LogP contribution in [0.5, 0.6) is 0 Å². The van der Waals surface area contributed by atoms with Crippen molar-refractivity contribution in [3.8, 4) is 0 Å². The summed E-state index contributed by atoms with van der Waals surface area (Å²) in [5, 5.41) is 0. The Balaban J connectivity index is 2.18. The zero-order valence-corrected chi connectivity index (χ0v) is 11.3. The molecule has 0 saturated heterocycles. The predicted octanol–water partition coefficient (Wildman–Crippen LogP) is 1.91. The van der Waals surface area contributed by atoms with Crippen molar-refractivity contribution in [2.75, 3.05) is 10.5 Å². The lowest BCUT2D eigenvalue weighted by molar-refractivity contribution is 0.600. The lowest BCUT2D eigenvalue weighted by Crippen LogP contribution is -2.16. The van der Waals surface area contributed by atoms with Gasteiger partial charge in [0.1, 0.15) is 5.82 Å². The van der Waals surface area contributed by atoms with Crippen molar-refractivity contribution >= 4 is 21.5 Å². The highest BCUT2D eigenvalue weighted by molar-refractivity contribution is 7.91. The summed E-state index contributed by atoms with van der Waals surface area (Å²) in [6.45, 7) is 1.80. The number of nitrogens with zero attached hydrogens (tertiary/aromatic N) is 1. The molecule has 100 valence electrons. The van der Waals surface area contributed by atoms with E-state index in [0.29, 0.717) is 17.1 Å². The average Bonchev–Trinajstić information content (AvgIpc) is 2.31. The molecule has 1 aromatic carbocycles. The number of nitrogens with one attached hydrogen (secondary N) is 1. The van der Waals surface area contributed by atoms with Gasteiger partial charge in [0.25, 0.3) is 0 Å². The molecular formula is C13H15N3O2S. The highest BCUT2D eigenvalue weighted by Crippen LogP contribution is 2.16. The van der Waals surface area contributed by atoms with Crippen molar-refractivity contribution in [3.05, 3.63) is 53.7 Å². The van der Waals surface area contributed by atoms with Crippen LogP contribution in [0.15, 0.2) is 42.5 Å². The third-order valence-electron chi connectivity index (χ3n) is 2.55. The molecule has 3 N–H and O–H groups in total. The van der Waals surface area contributed by atoms with Gasteiger partial charge < -0.3 is 5.73 Å². The van der Waals surface area contributed by atoms with Crippen LogP contribution in [-0.4, -0.2) is 13.4 Å². The Labute approximate surface area is 112 Å². The van der Waals surface area contributed by atoms with E-state index in [-0.39, 0.29) is 5.75 Å². The minimum absolute atomic E-state index is 0.171. The summed E-state index contributed by atoms with van der Waals surface area (Å²) in [5.74, 6) is 0.143. The van der Waals surface area contributed by atoms with Crippen molar-refractivity contribution in [2.24, 2.45) is 0 Å². The number of para-hydroxylation sites is 1. The second-order valence-electron chi connectivity index (χ2n) is 4.22. The van der Waals surface area contributed by atoms with E-state index in [9.17, 15) is 8.42 Å². The summed E-state index contributed by atoms with van der Waals surface area (Å²) in [6.07, 6.45) is 0. The van der Waals surface area contributed by atoms with Gasteiger partial charge in [-0.1, -0.05) is 24.3 Å². The first kappa shape index (κ1) is 13.4. The third kappa shape index (κ3) is 3.69. The van der Waals surface area contributed by atoms with Crippen LogP contribution in [0.2, 0.25) is 0 Å². The number of nitrogen functional groups attached to an aromatic ring is 1. The number of aromatic nitrogens is 1. The summed E-state index contributed by atoms with van der Waals surface area (Å²) in [4.78, 5) is 4.10. The molecule has 1 heterocycles. The van der Waals surface area contributed by atoms with E-state index in [1.54, 1.807) is 49.4 Å². The van der Waals surface area contributed by atoms with Crippen LogP contribution < -0.4 is 10.5 Å². The number of benzene rings is 1. The van der Waals surface area contributed by atoms with Crippen LogP contribution in [-0.2, 0) is 15.8 Å². The van der Waals surface area contributed by atoms with Crippen LogP contribution in [0.25, 0.3) is 0 Å². The maximum atomic E-state index is 12.0. The molecule has 2 aromatic rings. The van der Waals surface area contributed by atoms with E-state index in [0.717, 1.165) is 5.69 Å². The van der Waals surface area contributed by atoms with Gasteiger partial charge in [0.05, 0.1) is 5.75 Å². The fourth-order valence-corrected chi connectivity index (χ4v) is 2.84. The molecule has 0 radical (unpaired) electrons. The second-order valence-corrected chi connectivity index (χ2v) is 5.95. The largest absolute Gasteiger partial charge is 0.398 e. The maximum Gasteiger partial charge on any atom is 0.238 e. The molecule has 0 atom stereocenters. The summed E-state index contributed by atoms with van der Waals surface area (Å²) in [6, 6.07) is 12.0. The standard InChI is InChI=1S/C13H15N3O2S/c1-10-5-4-8-13(15-10)16-19(17,18)9-11-6-2-3-7-12(11)14/h2-8H,9,14H2,1H3,(H,15,16). The molecule has 19 heavy (non-hydrogen) atoms. The van der Waals surface area contributed by atoms with Gasteiger partial charge >= 0.3 is 0 Å².